The number of benzene rings is 1. The average molecular weight is 278 g/mol. The maximum absolute atomic E-state index is 6.21. The molecule has 3 rings (SSSR count). The lowest BCUT2D eigenvalue weighted by Crippen LogP contribution is -2.17. The first kappa shape index (κ1) is 12.6. The van der Waals surface area contributed by atoms with Crippen LogP contribution < -0.4 is 10.1 Å². The van der Waals surface area contributed by atoms with Crippen LogP contribution in [0.15, 0.2) is 28.7 Å². The van der Waals surface area contributed by atoms with Crippen LogP contribution in [0.4, 0.5) is 0 Å². The van der Waals surface area contributed by atoms with E-state index in [1.807, 2.05) is 38.2 Å². The highest BCUT2D eigenvalue weighted by Crippen LogP contribution is 2.38. The van der Waals surface area contributed by atoms with E-state index in [-0.39, 0.29) is 6.04 Å². The Morgan fingerprint density at radius 1 is 1.32 bits per heavy atom. The number of furan rings is 1. The minimum atomic E-state index is -0.0424. The Kier molecular flexibility index (Phi) is 3.25. The first-order valence-electron chi connectivity index (χ1n) is 6.37. The minimum Gasteiger partial charge on any atom is -0.493 e. The molecule has 4 heteroatoms. The van der Waals surface area contributed by atoms with Crippen molar-refractivity contribution in [3.05, 3.63) is 51.9 Å². The second-order valence-corrected chi connectivity index (χ2v) is 5.19. The summed E-state index contributed by atoms with van der Waals surface area (Å²) in [7, 11) is 1.91. The average Bonchev–Trinajstić information content (AvgIpc) is 2.99. The van der Waals surface area contributed by atoms with Gasteiger partial charge in [0, 0.05) is 17.0 Å². The van der Waals surface area contributed by atoms with E-state index < -0.39 is 0 Å². The quantitative estimate of drug-likeness (QED) is 0.933. The molecule has 0 saturated carbocycles. The zero-order valence-corrected chi connectivity index (χ0v) is 11.8. The van der Waals surface area contributed by atoms with Crippen molar-refractivity contribution in [2.24, 2.45) is 0 Å². The standard InChI is InChI=1S/C15H16ClNO2/c1-9-3-4-13(19-9)14(17-2)12-8-11(16)7-10-5-6-18-15(10)12/h3-4,7-8,14,17H,5-6H2,1-2H3. The van der Waals surface area contributed by atoms with Gasteiger partial charge in [-0.3, -0.25) is 0 Å². The van der Waals surface area contributed by atoms with Crippen molar-refractivity contribution in [2.45, 2.75) is 19.4 Å². The Balaban J connectivity index is 2.09. The summed E-state index contributed by atoms with van der Waals surface area (Å²) in [6.07, 6.45) is 0.913. The number of hydrogen-bond acceptors (Lipinski definition) is 3. The summed E-state index contributed by atoms with van der Waals surface area (Å²) in [6, 6.07) is 7.83. The van der Waals surface area contributed by atoms with Gasteiger partial charge in [-0.1, -0.05) is 11.6 Å². The van der Waals surface area contributed by atoms with E-state index in [1.54, 1.807) is 0 Å². The van der Waals surface area contributed by atoms with Crippen LogP contribution in [0.5, 0.6) is 5.75 Å². The van der Waals surface area contributed by atoms with Gasteiger partial charge in [-0.15, -0.1) is 0 Å². The SMILES string of the molecule is CNC(c1ccc(C)o1)c1cc(Cl)cc2c1OCC2. The van der Waals surface area contributed by atoms with Gasteiger partial charge >= 0.3 is 0 Å². The lowest BCUT2D eigenvalue weighted by Gasteiger charge is -2.17. The molecule has 1 aliphatic heterocycles. The van der Waals surface area contributed by atoms with Crippen molar-refractivity contribution >= 4 is 11.6 Å². The molecular formula is C15H16ClNO2. The van der Waals surface area contributed by atoms with E-state index in [1.165, 1.54) is 5.56 Å². The van der Waals surface area contributed by atoms with Crippen molar-refractivity contribution in [3.63, 3.8) is 0 Å². The van der Waals surface area contributed by atoms with Gasteiger partial charge in [0.05, 0.1) is 12.6 Å². The maximum atomic E-state index is 6.21. The molecule has 1 N–H and O–H groups in total. The van der Waals surface area contributed by atoms with E-state index >= 15 is 0 Å². The Hall–Kier alpha value is -1.45. The topological polar surface area (TPSA) is 34.4 Å². The molecule has 0 saturated heterocycles. The molecule has 1 atom stereocenters. The molecule has 0 aliphatic carbocycles. The Labute approximate surface area is 117 Å². The van der Waals surface area contributed by atoms with Gasteiger partial charge in [-0.2, -0.15) is 0 Å². The van der Waals surface area contributed by atoms with Crippen LogP contribution in [0.1, 0.15) is 28.7 Å². The maximum Gasteiger partial charge on any atom is 0.127 e. The third-order valence-corrected chi connectivity index (χ3v) is 3.64. The Bertz CT molecular complexity index is 606. The van der Waals surface area contributed by atoms with Crippen LogP contribution in [0.25, 0.3) is 0 Å². The molecule has 0 bridgehead atoms. The first-order valence-corrected chi connectivity index (χ1v) is 6.75. The molecule has 3 nitrogen and oxygen atoms in total. The van der Waals surface area contributed by atoms with Gasteiger partial charge < -0.3 is 14.5 Å². The number of fused-ring (bicyclic) bond motifs is 1. The summed E-state index contributed by atoms with van der Waals surface area (Å²) >= 11 is 6.21. The molecule has 0 spiro atoms. The van der Waals surface area contributed by atoms with Crippen molar-refractivity contribution < 1.29 is 9.15 Å². The van der Waals surface area contributed by atoms with Crippen LogP contribution in [0.2, 0.25) is 5.02 Å². The van der Waals surface area contributed by atoms with Crippen LogP contribution in [-0.4, -0.2) is 13.7 Å². The normalized spacial score (nSPS) is 15.1. The van der Waals surface area contributed by atoms with Crippen LogP contribution in [0, 0.1) is 6.92 Å². The van der Waals surface area contributed by atoms with Crippen molar-refractivity contribution in [1.29, 1.82) is 0 Å². The number of ether oxygens (including phenoxy) is 1. The number of nitrogens with one attached hydrogen (secondary N) is 1. The number of rotatable bonds is 3. The predicted octanol–water partition coefficient (Wildman–Crippen LogP) is 3.49. The number of halogens is 1. The third-order valence-electron chi connectivity index (χ3n) is 3.42. The lowest BCUT2D eigenvalue weighted by atomic mass is 10.00. The highest BCUT2D eigenvalue weighted by molar-refractivity contribution is 6.30. The van der Waals surface area contributed by atoms with Crippen LogP contribution >= 0.6 is 11.6 Å². The molecule has 1 unspecified atom stereocenters. The third kappa shape index (κ3) is 2.24. The molecule has 2 heterocycles. The van der Waals surface area contributed by atoms with Crippen molar-refractivity contribution in [3.8, 4) is 5.75 Å². The largest absolute Gasteiger partial charge is 0.493 e. The fourth-order valence-electron chi connectivity index (χ4n) is 2.57. The highest BCUT2D eigenvalue weighted by atomic mass is 35.5. The predicted molar refractivity (Wildman–Crippen MR) is 75.0 cm³/mol. The highest BCUT2D eigenvalue weighted by Gasteiger charge is 2.25. The van der Waals surface area contributed by atoms with E-state index in [2.05, 4.69) is 5.32 Å². The fraction of sp³-hybridized carbons (Fsp3) is 0.333. The summed E-state index contributed by atoms with van der Waals surface area (Å²) in [5, 5.41) is 4.01. The molecule has 1 aromatic heterocycles. The summed E-state index contributed by atoms with van der Waals surface area (Å²) in [4.78, 5) is 0. The van der Waals surface area contributed by atoms with E-state index in [0.717, 1.165) is 40.9 Å². The first-order chi connectivity index (χ1) is 9.19. The van der Waals surface area contributed by atoms with Gasteiger partial charge in [0.2, 0.25) is 0 Å². The van der Waals surface area contributed by atoms with Gasteiger partial charge in [0.15, 0.2) is 0 Å². The van der Waals surface area contributed by atoms with E-state index in [0.29, 0.717) is 0 Å². The number of aryl methyl sites for hydroxylation is 1. The number of hydrogen-bond donors (Lipinski definition) is 1. The van der Waals surface area contributed by atoms with Crippen molar-refractivity contribution in [2.75, 3.05) is 13.7 Å². The van der Waals surface area contributed by atoms with Crippen molar-refractivity contribution in [1.82, 2.24) is 5.32 Å². The summed E-state index contributed by atoms with van der Waals surface area (Å²) in [6.45, 7) is 2.66. The summed E-state index contributed by atoms with van der Waals surface area (Å²) in [5.74, 6) is 2.72. The van der Waals surface area contributed by atoms with Gasteiger partial charge in [-0.05, 0) is 43.8 Å². The molecule has 2 aromatic rings. The lowest BCUT2D eigenvalue weighted by molar-refractivity contribution is 0.347. The van der Waals surface area contributed by atoms with Crippen LogP contribution in [-0.2, 0) is 6.42 Å². The second kappa shape index (κ2) is 4.91. The fourth-order valence-corrected chi connectivity index (χ4v) is 2.82. The smallest absolute Gasteiger partial charge is 0.127 e. The zero-order valence-electron chi connectivity index (χ0n) is 11.0. The molecule has 1 aliphatic rings. The van der Waals surface area contributed by atoms with Gasteiger partial charge in [0.25, 0.3) is 0 Å². The summed E-state index contributed by atoms with van der Waals surface area (Å²) in [5.41, 5.74) is 2.21. The monoisotopic (exact) mass is 277 g/mol. The second-order valence-electron chi connectivity index (χ2n) is 4.75. The van der Waals surface area contributed by atoms with E-state index in [9.17, 15) is 0 Å². The Morgan fingerprint density at radius 2 is 2.16 bits per heavy atom. The molecule has 1 aromatic carbocycles. The van der Waals surface area contributed by atoms with Crippen LogP contribution in [0.3, 0.4) is 0 Å². The van der Waals surface area contributed by atoms with E-state index in [4.69, 9.17) is 20.8 Å². The molecule has 0 fully saturated rings. The molecule has 0 amide bonds. The molecular weight excluding hydrogens is 262 g/mol. The summed E-state index contributed by atoms with van der Waals surface area (Å²) < 4.78 is 11.5. The van der Waals surface area contributed by atoms with Gasteiger partial charge in [-0.25, -0.2) is 0 Å². The molecule has 19 heavy (non-hydrogen) atoms. The van der Waals surface area contributed by atoms with Gasteiger partial charge in [0.1, 0.15) is 17.3 Å². The Morgan fingerprint density at radius 3 is 2.84 bits per heavy atom. The molecule has 100 valence electrons. The zero-order chi connectivity index (χ0) is 13.4. The molecule has 0 radical (unpaired) electrons. The minimum absolute atomic E-state index is 0.0424.